The first kappa shape index (κ1) is 20.3. The Bertz CT molecular complexity index is 1070. The van der Waals surface area contributed by atoms with Crippen molar-refractivity contribution in [2.45, 2.75) is 20.8 Å². The third kappa shape index (κ3) is 4.37. The summed E-state index contributed by atoms with van der Waals surface area (Å²) in [6.07, 6.45) is 0. The van der Waals surface area contributed by atoms with E-state index in [0.29, 0.717) is 17.0 Å². The SMILES string of the molecule is COc1ccc2cc(C(=O)N(C)CC(=O)Nc3c(C)cccc3C)c(C)nc2c1. The van der Waals surface area contributed by atoms with Gasteiger partial charge in [-0.3, -0.25) is 14.6 Å². The van der Waals surface area contributed by atoms with E-state index in [1.807, 2.05) is 50.2 Å². The molecule has 0 atom stereocenters. The molecular formula is C23H25N3O3. The second-order valence-electron chi connectivity index (χ2n) is 7.16. The molecule has 0 saturated carbocycles. The summed E-state index contributed by atoms with van der Waals surface area (Å²) < 4.78 is 5.23. The van der Waals surface area contributed by atoms with E-state index >= 15 is 0 Å². The third-order valence-electron chi connectivity index (χ3n) is 4.92. The van der Waals surface area contributed by atoms with Crippen LogP contribution in [0.4, 0.5) is 5.69 Å². The molecule has 1 N–H and O–H groups in total. The number of aromatic nitrogens is 1. The van der Waals surface area contributed by atoms with Crippen LogP contribution in [-0.2, 0) is 4.79 Å². The molecule has 0 aliphatic carbocycles. The largest absolute Gasteiger partial charge is 0.497 e. The van der Waals surface area contributed by atoms with Gasteiger partial charge in [-0.05, 0) is 50.1 Å². The minimum absolute atomic E-state index is 0.0489. The van der Waals surface area contributed by atoms with Gasteiger partial charge in [0.25, 0.3) is 5.91 Å². The maximum absolute atomic E-state index is 12.9. The average Bonchev–Trinajstić information content (AvgIpc) is 2.69. The lowest BCUT2D eigenvalue weighted by Gasteiger charge is -2.19. The lowest BCUT2D eigenvalue weighted by Crippen LogP contribution is -2.35. The van der Waals surface area contributed by atoms with Crippen LogP contribution < -0.4 is 10.1 Å². The number of carbonyl (C=O) groups is 2. The number of nitrogens with one attached hydrogen (secondary N) is 1. The molecule has 6 nitrogen and oxygen atoms in total. The first-order valence-electron chi connectivity index (χ1n) is 9.37. The second kappa shape index (κ2) is 8.31. The van der Waals surface area contributed by atoms with Gasteiger partial charge in [-0.1, -0.05) is 18.2 Å². The molecule has 2 aromatic carbocycles. The normalized spacial score (nSPS) is 10.7. The van der Waals surface area contributed by atoms with Crippen molar-refractivity contribution in [1.82, 2.24) is 9.88 Å². The summed E-state index contributed by atoms with van der Waals surface area (Å²) in [7, 11) is 3.22. The molecule has 0 bridgehead atoms. The lowest BCUT2D eigenvalue weighted by molar-refractivity contribution is -0.116. The number of hydrogen-bond acceptors (Lipinski definition) is 4. The highest BCUT2D eigenvalue weighted by molar-refractivity contribution is 6.02. The Morgan fingerprint density at radius 3 is 2.41 bits per heavy atom. The summed E-state index contributed by atoms with van der Waals surface area (Å²) in [5, 5.41) is 3.75. The summed E-state index contributed by atoms with van der Waals surface area (Å²) in [6.45, 7) is 5.62. The molecule has 150 valence electrons. The number of fused-ring (bicyclic) bond motifs is 1. The zero-order chi connectivity index (χ0) is 21.1. The molecule has 0 aliphatic rings. The molecule has 2 amide bonds. The molecule has 0 radical (unpaired) electrons. The van der Waals surface area contributed by atoms with Gasteiger partial charge in [0.1, 0.15) is 5.75 Å². The van der Waals surface area contributed by atoms with Crippen LogP contribution in [0, 0.1) is 20.8 Å². The molecule has 3 aromatic rings. The molecule has 6 heteroatoms. The van der Waals surface area contributed by atoms with Crippen molar-refractivity contribution in [2.24, 2.45) is 0 Å². The maximum atomic E-state index is 12.9. The zero-order valence-corrected chi connectivity index (χ0v) is 17.4. The van der Waals surface area contributed by atoms with Crippen LogP contribution in [0.2, 0.25) is 0 Å². The average molecular weight is 391 g/mol. The molecule has 3 rings (SSSR count). The van der Waals surface area contributed by atoms with Crippen molar-refractivity contribution < 1.29 is 14.3 Å². The van der Waals surface area contributed by atoms with E-state index in [1.54, 1.807) is 27.1 Å². The number of hydrogen-bond donors (Lipinski definition) is 1. The van der Waals surface area contributed by atoms with Crippen molar-refractivity contribution in [1.29, 1.82) is 0 Å². The number of ether oxygens (including phenoxy) is 1. The number of likely N-dealkylation sites (N-methyl/N-ethyl adjacent to an activating group) is 1. The van der Waals surface area contributed by atoms with Gasteiger partial charge in [0.15, 0.2) is 0 Å². The van der Waals surface area contributed by atoms with Crippen molar-refractivity contribution >= 4 is 28.4 Å². The molecule has 0 aliphatic heterocycles. The monoisotopic (exact) mass is 391 g/mol. The molecule has 29 heavy (non-hydrogen) atoms. The van der Waals surface area contributed by atoms with E-state index in [-0.39, 0.29) is 18.4 Å². The van der Waals surface area contributed by atoms with Crippen LogP contribution in [0.15, 0.2) is 42.5 Å². The molecule has 0 saturated heterocycles. The molecular weight excluding hydrogens is 366 g/mol. The Balaban J connectivity index is 1.77. The van der Waals surface area contributed by atoms with Gasteiger partial charge in [0, 0.05) is 24.2 Å². The van der Waals surface area contributed by atoms with Gasteiger partial charge >= 0.3 is 0 Å². The Morgan fingerprint density at radius 2 is 1.76 bits per heavy atom. The minimum Gasteiger partial charge on any atom is -0.497 e. The van der Waals surface area contributed by atoms with E-state index in [2.05, 4.69) is 10.3 Å². The Hall–Kier alpha value is -3.41. The fourth-order valence-corrected chi connectivity index (χ4v) is 3.27. The highest BCUT2D eigenvalue weighted by Crippen LogP contribution is 2.23. The van der Waals surface area contributed by atoms with Gasteiger partial charge in [-0.2, -0.15) is 0 Å². The zero-order valence-electron chi connectivity index (χ0n) is 17.4. The smallest absolute Gasteiger partial charge is 0.255 e. The van der Waals surface area contributed by atoms with Crippen LogP contribution >= 0.6 is 0 Å². The Morgan fingerprint density at radius 1 is 1.07 bits per heavy atom. The van der Waals surface area contributed by atoms with Crippen LogP contribution in [0.1, 0.15) is 27.2 Å². The number of carbonyl (C=O) groups excluding carboxylic acids is 2. The van der Waals surface area contributed by atoms with E-state index in [9.17, 15) is 9.59 Å². The van der Waals surface area contributed by atoms with E-state index in [4.69, 9.17) is 4.74 Å². The summed E-state index contributed by atoms with van der Waals surface area (Å²) in [6, 6.07) is 13.2. The molecule has 0 unspecified atom stereocenters. The van der Waals surface area contributed by atoms with E-state index in [0.717, 1.165) is 27.7 Å². The first-order chi connectivity index (χ1) is 13.8. The van der Waals surface area contributed by atoms with Gasteiger partial charge < -0.3 is 15.0 Å². The quantitative estimate of drug-likeness (QED) is 0.716. The van der Waals surface area contributed by atoms with Crippen molar-refractivity contribution in [2.75, 3.05) is 26.0 Å². The number of nitrogens with zero attached hydrogens (tertiary/aromatic N) is 2. The number of methoxy groups -OCH3 is 1. The highest BCUT2D eigenvalue weighted by Gasteiger charge is 2.19. The van der Waals surface area contributed by atoms with Crippen molar-refractivity contribution in [3.05, 3.63) is 64.8 Å². The highest BCUT2D eigenvalue weighted by atomic mass is 16.5. The summed E-state index contributed by atoms with van der Waals surface area (Å²) in [5.41, 5.74) is 4.60. The second-order valence-corrected chi connectivity index (χ2v) is 7.16. The molecule has 0 fully saturated rings. The van der Waals surface area contributed by atoms with Crippen molar-refractivity contribution in [3.8, 4) is 5.75 Å². The number of benzene rings is 2. The molecule has 1 heterocycles. The number of aryl methyl sites for hydroxylation is 3. The Kier molecular flexibility index (Phi) is 5.82. The van der Waals surface area contributed by atoms with Gasteiger partial charge in [-0.25, -0.2) is 0 Å². The topological polar surface area (TPSA) is 71.5 Å². The maximum Gasteiger partial charge on any atom is 0.255 e. The fourth-order valence-electron chi connectivity index (χ4n) is 3.27. The number of amides is 2. The summed E-state index contributed by atoms with van der Waals surface area (Å²) in [4.78, 5) is 31.4. The number of anilines is 1. The van der Waals surface area contributed by atoms with Crippen molar-refractivity contribution in [3.63, 3.8) is 0 Å². The number of pyridine rings is 1. The van der Waals surface area contributed by atoms with Crippen LogP contribution in [0.3, 0.4) is 0 Å². The summed E-state index contributed by atoms with van der Waals surface area (Å²) >= 11 is 0. The lowest BCUT2D eigenvalue weighted by atomic mass is 10.1. The van der Waals surface area contributed by atoms with E-state index < -0.39 is 0 Å². The fraction of sp³-hybridized carbons (Fsp3) is 0.261. The summed E-state index contributed by atoms with van der Waals surface area (Å²) in [5.74, 6) is 0.225. The predicted molar refractivity (Wildman–Crippen MR) is 115 cm³/mol. The van der Waals surface area contributed by atoms with Gasteiger partial charge in [-0.15, -0.1) is 0 Å². The van der Waals surface area contributed by atoms with Gasteiger partial charge in [0.05, 0.1) is 30.4 Å². The van der Waals surface area contributed by atoms with Crippen LogP contribution in [0.25, 0.3) is 10.9 Å². The van der Waals surface area contributed by atoms with Gasteiger partial charge in [0.2, 0.25) is 5.91 Å². The first-order valence-corrected chi connectivity index (χ1v) is 9.37. The minimum atomic E-state index is -0.246. The van der Waals surface area contributed by atoms with Crippen LogP contribution in [0.5, 0.6) is 5.75 Å². The van der Waals surface area contributed by atoms with Crippen LogP contribution in [-0.4, -0.2) is 42.4 Å². The number of para-hydroxylation sites is 1. The van der Waals surface area contributed by atoms with E-state index in [1.165, 1.54) is 4.90 Å². The standard InChI is InChI=1S/C23H25N3O3/c1-14-7-6-8-15(2)22(14)25-21(27)13-26(4)23(28)19-11-17-9-10-18(29-5)12-20(17)24-16(19)3/h6-12H,13H2,1-5H3,(H,25,27). The molecule has 1 aromatic heterocycles. The third-order valence-corrected chi connectivity index (χ3v) is 4.92. The number of rotatable bonds is 5. The molecule has 0 spiro atoms. The predicted octanol–water partition coefficient (Wildman–Crippen LogP) is 3.88. The Labute approximate surface area is 170 Å².